The van der Waals surface area contributed by atoms with Gasteiger partial charge in [-0.05, 0) is 37.0 Å². The summed E-state index contributed by atoms with van der Waals surface area (Å²) in [6.45, 7) is 0.492. The average Bonchev–Trinajstić information content (AvgIpc) is 2.87. The number of aliphatic carboxylic acids is 1. The molecule has 1 fully saturated rings. The van der Waals surface area contributed by atoms with Crippen molar-refractivity contribution in [2.75, 3.05) is 6.79 Å². The number of fused-ring (bicyclic) bond motifs is 1. The third-order valence-corrected chi connectivity index (χ3v) is 3.86. The highest BCUT2D eigenvalue weighted by Gasteiger charge is 2.45. The van der Waals surface area contributed by atoms with Crippen LogP contribution < -0.4 is 20.1 Å². The predicted octanol–water partition coefficient (Wildman–Crippen LogP) is 1.22. The summed E-state index contributed by atoms with van der Waals surface area (Å²) < 4.78 is 10.5. The Morgan fingerprint density at radius 2 is 2.00 bits per heavy atom. The average molecular weight is 292 g/mol. The van der Waals surface area contributed by atoms with Gasteiger partial charge in [0.05, 0.1) is 0 Å². The number of carboxylic acids is 1. The second-order valence-corrected chi connectivity index (χ2v) is 5.24. The number of nitrogens with one attached hydrogen (secondary N) is 2. The predicted molar refractivity (Wildman–Crippen MR) is 72.2 cm³/mol. The van der Waals surface area contributed by atoms with Crippen molar-refractivity contribution >= 4 is 12.0 Å². The second kappa shape index (κ2) is 5.16. The summed E-state index contributed by atoms with van der Waals surface area (Å²) in [6.07, 6.45) is 1.76. The maximum Gasteiger partial charge on any atom is 0.329 e. The Kier molecular flexibility index (Phi) is 3.32. The van der Waals surface area contributed by atoms with Crippen LogP contribution >= 0.6 is 0 Å². The molecule has 1 heterocycles. The highest BCUT2D eigenvalue weighted by Crippen LogP contribution is 2.33. The zero-order valence-electron chi connectivity index (χ0n) is 11.3. The van der Waals surface area contributed by atoms with Crippen molar-refractivity contribution in [1.82, 2.24) is 10.6 Å². The molecule has 0 spiro atoms. The standard InChI is InChI=1S/C14H16N2O5/c17-12(18)14(4-1-5-14)16-13(19)15-7-9-2-3-10-11(6-9)21-8-20-10/h2-3,6H,1,4-5,7-8H2,(H,17,18)(H2,15,16,19). The topological polar surface area (TPSA) is 96.9 Å². The van der Waals surface area contributed by atoms with Gasteiger partial charge in [0, 0.05) is 6.54 Å². The lowest BCUT2D eigenvalue weighted by molar-refractivity contribution is -0.148. The molecule has 21 heavy (non-hydrogen) atoms. The fourth-order valence-corrected chi connectivity index (χ4v) is 2.42. The van der Waals surface area contributed by atoms with E-state index in [0.29, 0.717) is 24.3 Å². The number of rotatable bonds is 4. The molecule has 3 rings (SSSR count). The van der Waals surface area contributed by atoms with E-state index < -0.39 is 17.5 Å². The summed E-state index contributed by atoms with van der Waals surface area (Å²) in [6, 6.07) is 4.92. The molecule has 0 bridgehead atoms. The van der Waals surface area contributed by atoms with Gasteiger partial charge in [0.25, 0.3) is 0 Å². The minimum atomic E-state index is -1.10. The molecule has 2 amide bonds. The first-order valence-corrected chi connectivity index (χ1v) is 6.77. The van der Waals surface area contributed by atoms with Gasteiger partial charge in [-0.25, -0.2) is 9.59 Å². The van der Waals surface area contributed by atoms with Crippen LogP contribution in [-0.4, -0.2) is 29.4 Å². The fourth-order valence-electron chi connectivity index (χ4n) is 2.42. The Balaban J connectivity index is 1.55. The largest absolute Gasteiger partial charge is 0.480 e. The van der Waals surface area contributed by atoms with Gasteiger partial charge >= 0.3 is 12.0 Å². The van der Waals surface area contributed by atoms with Crippen LogP contribution in [0.4, 0.5) is 4.79 Å². The van der Waals surface area contributed by atoms with Gasteiger partial charge in [0.1, 0.15) is 5.54 Å². The van der Waals surface area contributed by atoms with Crippen molar-refractivity contribution in [1.29, 1.82) is 0 Å². The van der Waals surface area contributed by atoms with Crippen LogP contribution in [0.1, 0.15) is 24.8 Å². The normalized spacial score (nSPS) is 17.7. The quantitative estimate of drug-likeness (QED) is 0.775. The minimum Gasteiger partial charge on any atom is -0.480 e. The summed E-state index contributed by atoms with van der Waals surface area (Å²) >= 11 is 0. The minimum absolute atomic E-state index is 0.202. The van der Waals surface area contributed by atoms with Crippen LogP contribution in [0, 0.1) is 0 Å². The van der Waals surface area contributed by atoms with Gasteiger partial charge in [-0.1, -0.05) is 6.07 Å². The highest BCUT2D eigenvalue weighted by molar-refractivity contribution is 5.87. The number of carboxylic acid groups (broad SMARTS) is 1. The number of benzene rings is 1. The molecule has 0 radical (unpaired) electrons. The Morgan fingerprint density at radius 1 is 1.24 bits per heavy atom. The van der Waals surface area contributed by atoms with E-state index >= 15 is 0 Å². The molecule has 0 saturated heterocycles. The van der Waals surface area contributed by atoms with Crippen molar-refractivity contribution < 1.29 is 24.2 Å². The van der Waals surface area contributed by atoms with Gasteiger partial charge in [-0.15, -0.1) is 0 Å². The molecule has 1 saturated carbocycles. The number of ether oxygens (including phenoxy) is 2. The van der Waals surface area contributed by atoms with E-state index in [1.165, 1.54) is 0 Å². The molecule has 1 aromatic rings. The zero-order valence-corrected chi connectivity index (χ0v) is 11.3. The van der Waals surface area contributed by atoms with E-state index in [4.69, 9.17) is 14.6 Å². The fraction of sp³-hybridized carbons (Fsp3) is 0.429. The van der Waals surface area contributed by atoms with E-state index in [1.807, 2.05) is 6.07 Å². The summed E-state index contributed by atoms with van der Waals surface area (Å²) in [5.74, 6) is 0.352. The first kappa shape index (κ1) is 13.5. The van der Waals surface area contributed by atoms with Crippen molar-refractivity contribution in [2.45, 2.75) is 31.3 Å². The Hall–Kier alpha value is -2.44. The lowest BCUT2D eigenvalue weighted by atomic mass is 9.77. The molecule has 3 N–H and O–H groups in total. The third kappa shape index (κ3) is 2.58. The molecule has 1 aliphatic carbocycles. The number of carbonyl (C=O) groups excluding carboxylic acids is 1. The van der Waals surface area contributed by atoms with Gasteiger partial charge in [0.15, 0.2) is 11.5 Å². The molecule has 0 aromatic heterocycles. The second-order valence-electron chi connectivity index (χ2n) is 5.24. The van der Waals surface area contributed by atoms with Gasteiger partial charge in [-0.2, -0.15) is 0 Å². The number of hydrogen-bond donors (Lipinski definition) is 3. The monoisotopic (exact) mass is 292 g/mol. The lowest BCUT2D eigenvalue weighted by Crippen LogP contribution is -2.61. The molecule has 7 heteroatoms. The first-order chi connectivity index (χ1) is 10.1. The van der Waals surface area contributed by atoms with E-state index in [1.54, 1.807) is 12.1 Å². The van der Waals surface area contributed by atoms with Gasteiger partial charge in [-0.3, -0.25) is 0 Å². The SMILES string of the molecule is O=C(NCc1ccc2c(c1)OCO2)NC1(C(=O)O)CCC1. The molecule has 7 nitrogen and oxygen atoms in total. The third-order valence-electron chi connectivity index (χ3n) is 3.86. The van der Waals surface area contributed by atoms with Crippen LogP contribution in [0.3, 0.4) is 0 Å². The van der Waals surface area contributed by atoms with Crippen molar-refractivity contribution in [3.8, 4) is 11.5 Å². The molecule has 112 valence electrons. The summed E-state index contributed by atoms with van der Waals surface area (Å²) in [5, 5.41) is 14.4. The molecular weight excluding hydrogens is 276 g/mol. The summed E-state index contributed by atoms with van der Waals surface area (Å²) in [4.78, 5) is 23.0. The van der Waals surface area contributed by atoms with E-state index in [2.05, 4.69) is 10.6 Å². The van der Waals surface area contributed by atoms with Crippen molar-refractivity contribution in [3.63, 3.8) is 0 Å². The highest BCUT2D eigenvalue weighted by atomic mass is 16.7. The van der Waals surface area contributed by atoms with Crippen LogP contribution in [-0.2, 0) is 11.3 Å². The Labute approximate surface area is 121 Å². The van der Waals surface area contributed by atoms with Crippen molar-refractivity contribution in [2.24, 2.45) is 0 Å². The van der Waals surface area contributed by atoms with Crippen LogP contribution in [0.2, 0.25) is 0 Å². The van der Waals surface area contributed by atoms with Crippen LogP contribution in [0.25, 0.3) is 0 Å². The maximum atomic E-state index is 11.8. The number of urea groups is 1. The number of hydrogen-bond acceptors (Lipinski definition) is 4. The van der Waals surface area contributed by atoms with Gasteiger partial charge < -0.3 is 25.2 Å². The zero-order chi connectivity index (χ0) is 14.9. The molecule has 1 aliphatic heterocycles. The maximum absolute atomic E-state index is 11.8. The van der Waals surface area contributed by atoms with Gasteiger partial charge in [0.2, 0.25) is 6.79 Å². The summed E-state index contributed by atoms with van der Waals surface area (Å²) in [7, 11) is 0. The molecule has 0 atom stereocenters. The smallest absolute Gasteiger partial charge is 0.329 e. The Morgan fingerprint density at radius 3 is 2.67 bits per heavy atom. The van der Waals surface area contributed by atoms with Crippen LogP contribution in [0.15, 0.2) is 18.2 Å². The number of carbonyl (C=O) groups is 2. The van der Waals surface area contributed by atoms with Crippen LogP contribution in [0.5, 0.6) is 11.5 Å². The van der Waals surface area contributed by atoms with E-state index in [-0.39, 0.29) is 13.3 Å². The van der Waals surface area contributed by atoms with E-state index in [0.717, 1.165) is 12.0 Å². The molecule has 2 aliphatic rings. The summed E-state index contributed by atoms with van der Waals surface area (Å²) in [5.41, 5.74) is -0.244. The first-order valence-electron chi connectivity index (χ1n) is 6.77. The lowest BCUT2D eigenvalue weighted by Gasteiger charge is -2.38. The Bertz CT molecular complexity index is 583. The number of amides is 2. The molecule has 1 aromatic carbocycles. The molecule has 0 unspecified atom stereocenters. The molecular formula is C14H16N2O5. The van der Waals surface area contributed by atoms with E-state index in [9.17, 15) is 9.59 Å². The van der Waals surface area contributed by atoms with Crippen molar-refractivity contribution in [3.05, 3.63) is 23.8 Å².